The molecular weight excluding hydrogens is 246 g/mol. The third-order valence-electron chi connectivity index (χ3n) is 2.45. The van der Waals surface area contributed by atoms with Crippen LogP contribution in [0.4, 0.5) is 11.4 Å². The molecule has 0 radical (unpaired) electrons. The second-order valence-corrected chi connectivity index (χ2v) is 4.02. The lowest BCUT2D eigenvalue weighted by Crippen LogP contribution is -2.14. The number of nitrogens with zero attached hydrogens (tertiary/aromatic N) is 2. The van der Waals surface area contributed by atoms with Crippen LogP contribution in [0.25, 0.3) is 0 Å². The Bertz CT molecular complexity index is 607. The first-order valence-corrected chi connectivity index (χ1v) is 5.61. The Labute approximate surface area is 109 Å². The average molecular weight is 259 g/mol. The van der Waals surface area contributed by atoms with E-state index in [4.69, 9.17) is 0 Å². The van der Waals surface area contributed by atoms with Crippen LogP contribution >= 0.6 is 0 Å². The summed E-state index contributed by atoms with van der Waals surface area (Å²) < 4.78 is 0. The van der Waals surface area contributed by atoms with Gasteiger partial charge in [0.15, 0.2) is 5.69 Å². The lowest BCUT2D eigenvalue weighted by molar-refractivity contribution is -0.114. The van der Waals surface area contributed by atoms with Crippen molar-refractivity contribution in [1.29, 1.82) is 0 Å². The van der Waals surface area contributed by atoms with Crippen molar-refractivity contribution in [2.75, 3.05) is 10.6 Å². The van der Waals surface area contributed by atoms with E-state index < -0.39 is 0 Å². The molecule has 1 aromatic carbocycles. The molecule has 1 heterocycles. The maximum absolute atomic E-state index is 11.8. The molecule has 0 bridgehead atoms. The van der Waals surface area contributed by atoms with E-state index in [1.807, 2.05) is 13.0 Å². The van der Waals surface area contributed by atoms with Crippen molar-refractivity contribution >= 4 is 23.2 Å². The van der Waals surface area contributed by atoms with Gasteiger partial charge in [-0.15, -0.1) is 0 Å². The van der Waals surface area contributed by atoms with E-state index in [0.717, 1.165) is 5.56 Å². The van der Waals surface area contributed by atoms with Crippen LogP contribution in [-0.4, -0.2) is 27.2 Å². The van der Waals surface area contributed by atoms with Crippen molar-refractivity contribution in [2.45, 2.75) is 13.8 Å². The molecule has 0 saturated heterocycles. The Morgan fingerprint density at radius 2 is 2.05 bits per heavy atom. The fourth-order valence-electron chi connectivity index (χ4n) is 1.54. The van der Waals surface area contributed by atoms with Gasteiger partial charge in [0.05, 0.1) is 6.20 Å². The number of aromatic nitrogens is 3. The lowest BCUT2D eigenvalue weighted by atomic mass is 10.1. The maximum Gasteiger partial charge on any atom is 0.277 e. The zero-order valence-electron chi connectivity index (χ0n) is 10.5. The minimum absolute atomic E-state index is 0.169. The normalized spacial score (nSPS) is 10.0. The third kappa shape index (κ3) is 3.15. The number of H-pyrrole nitrogens is 1. The topological polar surface area (TPSA) is 99.8 Å². The second-order valence-electron chi connectivity index (χ2n) is 4.02. The molecule has 0 unspecified atom stereocenters. The molecule has 98 valence electrons. The van der Waals surface area contributed by atoms with Gasteiger partial charge in [0.25, 0.3) is 5.91 Å². The molecule has 2 rings (SSSR count). The lowest BCUT2D eigenvalue weighted by Gasteiger charge is -2.09. The number of carbonyl (C=O) groups is 2. The number of carbonyl (C=O) groups excluding carboxylic acids is 2. The largest absolute Gasteiger partial charge is 0.326 e. The minimum atomic E-state index is -0.364. The minimum Gasteiger partial charge on any atom is -0.326 e. The number of hydrogen-bond donors (Lipinski definition) is 3. The van der Waals surface area contributed by atoms with Gasteiger partial charge in [-0.2, -0.15) is 15.4 Å². The highest BCUT2D eigenvalue weighted by atomic mass is 16.2. The summed E-state index contributed by atoms with van der Waals surface area (Å²) >= 11 is 0. The summed E-state index contributed by atoms with van der Waals surface area (Å²) in [6.07, 6.45) is 1.34. The van der Waals surface area contributed by atoms with Crippen molar-refractivity contribution in [3.05, 3.63) is 35.7 Å². The Morgan fingerprint density at radius 3 is 2.68 bits per heavy atom. The van der Waals surface area contributed by atoms with Gasteiger partial charge in [0, 0.05) is 18.3 Å². The highest BCUT2D eigenvalue weighted by molar-refractivity contribution is 6.03. The molecule has 0 aliphatic heterocycles. The summed E-state index contributed by atoms with van der Waals surface area (Å²) in [5.74, 6) is -0.533. The van der Waals surface area contributed by atoms with Crippen LogP contribution < -0.4 is 10.6 Å². The molecule has 0 atom stereocenters. The van der Waals surface area contributed by atoms with Crippen LogP contribution in [0.2, 0.25) is 0 Å². The molecule has 7 heteroatoms. The van der Waals surface area contributed by atoms with Gasteiger partial charge in [-0.05, 0) is 24.6 Å². The molecule has 0 aliphatic carbocycles. The zero-order valence-corrected chi connectivity index (χ0v) is 10.5. The summed E-state index contributed by atoms with van der Waals surface area (Å²) in [5.41, 5.74) is 2.31. The SMILES string of the molecule is CC(=O)Nc1ccc(C)c(NC(=O)c2cn[nH]n2)c1. The third-order valence-corrected chi connectivity index (χ3v) is 2.45. The van der Waals surface area contributed by atoms with Crippen LogP contribution in [0.15, 0.2) is 24.4 Å². The van der Waals surface area contributed by atoms with Crippen molar-refractivity contribution < 1.29 is 9.59 Å². The van der Waals surface area contributed by atoms with E-state index in [2.05, 4.69) is 26.0 Å². The molecule has 7 nitrogen and oxygen atoms in total. The average Bonchev–Trinajstić information content (AvgIpc) is 2.86. The summed E-state index contributed by atoms with van der Waals surface area (Å²) in [4.78, 5) is 22.8. The number of amides is 2. The molecule has 2 aromatic rings. The quantitative estimate of drug-likeness (QED) is 0.774. The number of aryl methyl sites for hydroxylation is 1. The van der Waals surface area contributed by atoms with E-state index >= 15 is 0 Å². The van der Waals surface area contributed by atoms with Crippen LogP contribution in [0.5, 0.6) is 0 Å². The predicted molar refractivity (Wildman–Crippen MR) is 69.8 cm³/mol. The number of anilines is 2. The van der Waals surface area contributed by atoms with E-state index in [9.17, 15) is 9.59 Å². The first-order chi connectivity index (χ1) is 9.06. The molecule has 0 fully saturated rings. The van der Waals surface area contributed by atoms with E-state index in [1.54, 1.807) is 12.1 Å². The number of aromatic amines is 1. The van der Waals surface area contributed by atoms with Gasteiger partial charge in [-0.1, -0.05) is 6.07 Å². The van der Waals surface area contributed by atoms with E-state index in [-0.39, 0.29) is 17.5 Å². The number of hydrogen-bond acceptors (Lipinski definition) is 4. The number of benzene rings is 1. The van der Waals surface area contributed by atoms with Crippen molar-refractivity contribution in [1.82, 2.24) is 15.4 Å². The van der Waals surface area contributed by atoms with E-state index in [0.29, 0.717) is 11.4 Å². The molecule has 0 spiro atoms. The highest BCUT2D eigenvalue weighted by Gasteiger charge is 2.10. The standard InChI is InChI=1S/C12H13N5O2/c1-7-3-4-9(14-8(2)18)5-10(7)15-12(19)11-6-13-17-16-11/h3-6H,1-2H3,(H,14,18)(H,15,19)(H,13,16,17). The first kappa shape index (κ1) is 12.7. The molecule has 1 aromatic heterocycles. The number of rotatable bonds is 3. The van der Waals surface area contributed by atoms with E-state index in [1.165, 1.54) is 13.1 Å². The highest BCUT2D eigenvalue weighted by Crippen LogP contribution is 2.20. The molecule has 0 saturated carbocycles. The number of nitrogens with one attached hydrogen (secondary N) is 3. The zero-order chi connectivity index (χ0) is 13.8. The van der Waals surface area contributed by atoms with Crippen molar-refractivity contribution in [3.8, 4) is 0 Å². The van der Waals surface area contributed by atoms with Gasteiger partial charge in [0.1, 0.15) is 0 Å². The Balaban J connectivity index is 2.19. The van der Waals surface area contributed by atoms with Crippen LogP contribution in [0.3, 0.4) is 0 Å². The van der Waals surface area contributed by atoms with Crippen LogP contribution in [0.1, 0.15) is 23.0 Å². The van der Waals surface area contributed by atoms with Gasteiger partial charge in [-0.25, -0.2) is 0 Å². The summed E-state index contributed by atoms with van der Waals surface area (Å²) in [5, 5.41) is 15.0. The van der Waals surface area contributed by atoms with Crippen LogP contribution in [-0.2, 0) is 4.79 Å². The second kappa shape index (κ2) is 5.30. The summed E-state index contributed by atoms with van der Waals surface area (Å²) in [6.45, 7) is 3.28. The van der Waals surface area contributed by atoms with Gasteiger partial charge >= 0.3 is 0 Å². The maximum atomic E-state index is 11.8. The molecule has 3 N–H and O–H groups in total. The summed E-state index contributed by atoms with van der Waals surface area (Å²) in [6, 6.07) is 5.26. The van der Waals surface area contributed by atoms with Crippen molar-refractivity contribution in [3.63, 3.8) is 0 Å². The first-order valence-electron chi connectivity index (χ1n) is 5.61. The smallest absolute Gasteiger partial charge is 0.277 e. The molecule has 0 aliphatic rings. The monoisotopic (exact) mass is 259 g/mol. The van der Waals surface area contributed by atoms with Gasteiger partial charge < -0.3 is 10.6 Å². The summed E-state index contributed by atoms with van der Waals surface area (Å²) in [7, 11) is 0. The molecule has 19 heavy (non-hydrogen) atoms. The predicted octanol–water partition coefficient (Wildman–Crippen LogP) is 1.32. The van der Waals surface area contributed by atoms with Crippen molar-refractivity contribution in [2.24, 2.45) is 0 Å². The Kier molecular flexibility index (Phi) is 3.56. The fourth-order valence-corrected chi connectivity index (χ4v) is 1.54. The Hall–Kier alpha value is -2.70. The van der Waals surface area contributed by atoms with Crippen LogP contribution in [0, 0.1) is 6.92 Å². The Morgan fingerprint density at radius 1 is 1.26 bits per heavy atom. The van der Waals surface area contributed by atoms with Gasteiger partial charge in [0.2, 0.25) is 5.91 Å². The molecular formula is C12H13N5O2. The fraction of sp³-hybridized carbons (Fsp3) is 0.167. The molecule has 2 amide bonds. The van der Waals surface area contributed by atoms with Gasteiger partial charge in [-0.3, -0.25) is 9.59 Å².